The van der Waals surface area contributed by atoms with Crippen LogP contribution in [0, 0.1) is 0 Å². The molecule has 0 aliphatic carbocycles. The van der Waals surface area contributed by atoms with Gasteiger partial charge in [0.25, 0.3) is 0 Å². The minimum atomic E-state index is -3.44. The fourth-order valence-corrected chi connectivity index (χ4v) is 4.38. The molecule has 0 radical (unpaired) electrons. The van der Waals surface area contributed by atoms with Crippen molar-refractivity contribution < 1.29 is 18.3 Å². The maximum atomic E-state index is 12.8. The molecule has 5 heteroatoms. The highest BCUT2D eigenvalue weighted by atomic mass is 32.2. The number of aliphatic carboxylic acids is 1. The number of carboxylic acids is 1. The Morgan fingerprint density at radius 1 is 1.04 bits per heavy atom. The highest BCUT2D eigenvalue weighted by Crippen LogP contribution is 2.31. The number of aryl methyl sites for hydroxylation is 1. The van der Waals surface area contributed by atoms with Crippen molar-refractivity contribution >= 4 is 15.8 Å². The summed E-state index contributed by atoms with van der Waals surface area (Å²) in [4.78, 5) is 10.9. The highest BCUT2D eigenvalue weighted by Gasteiger charge is 2.27. The van der Waals surface area contributed by atoms with Gasteiger partial charge in [-0.15, -0.1) is 0 Å². The third kappa shape index (κ3) is 4.20. The van der Waals surface area contributed by atoms with Gasteiger partial charge in [0, 0.05) is 6.42 Å². The average molecular weight is 332 g/mol. The first-order valence-corrected chi connectivity index (χ1v) is 9.09. The van der Waals surface area contributed by atoms with Gasteiger partial charge in [-0.05, 0) is 36.1 Å². The predicted octanol–water partition coefficient (Wildman–Crippen LogP) is 3.63. The van der Waals surface area contributed by atoms with Crippen molar-refractivity contribution in [3.05, 3.63) is 65.7 Å². The van der Waals surface area contributed by atoms with Crippen molar-refractivity contribution in [2.45, 2.75) is 36.3 Å². The lowest BCUT2D eigenvalue weighted by molar-refractivity contribution is -0.136. The van der Waals surface area contributed by atoms with E-state index in [1.54, 1.807) is 54.6 Å². The molecular formula is C18H20O4S. The largest absolute Gasteiger partial charge is 0.481 e. The first kappa shape index (κ1) is 17.2. The van der Waals surface area contributed by atoms with Crippen molar-refractivity contribution in [2.75, 3.05) is 0 Å². The third-order valence-corrected chi connectivity index (χ3v) is 6.08. The van der Waals surface area contributed by atoms with Gasteiger partial charge >= 0.3 is 5.97 Å². The van der Waals surface area contributed by atoms with Crippen molar-refractivity contribution in [1.29, 1.82) is 0 Å². The minimum absolute atomic E-state index is 0.0683. The van der Waals surface area contributed by atoms with Crippen LogP contribution in [-0.2, 0) is 21.1 Å². The van der Waals surface area contributed by atoms with Gasteiger partial charge in [-0.3, -0.25) is 4.79 Å². The summed E-state index contributed by atoms with van der Waals surface area (Å²) in [5.41, 5.74) is 1.62. The molecule has 0 aliphatic heterocycles. The lowest BCUT2D eigenvalue weighted by Gasteiger charge is -2.17. The fourth-order valence-electron chi connectivity index (χ4n) is 2.56. The van der Waals surface area contributed by atoms with Gasteiger partial charge in [0.05, 0.1) is 10.1 Å². The van der Waals surface area contributed by atoms with Crippen LogP contribution in [0.15, 0.2) is 59.5 Å². The van der Waals surface area contributed by atoms with Gasteiger partial charge in [0.15, 0.2) is 9.84 Å². The summed E-state index contributed by atoms with van der Waals surface area (Å²) in [6.45, 7) is 1.85. The van der Waals surface area contributed by atoms with Crippen LogP contribution >= 0.6 is 0 Å². The summed E-state index contributed by atoms with van der Waals surface area (Å²) in [7, 11) is -3.44. The van der Waals surface area contributed by atoms with E-state index in [2.05, 4.69) is 0 Å². The zero-order valence-electron chi connectivity index (χ0n) is 13.0. The Bertz CT molecular complexity index is 749. The standard InChI is InChI=1S/C18H20O4S/c1-2-17(23(21,22)16-6-4-3-5-7-16)15-11-8-14(9-12-15)10-13-18(19)20/h3-9,11-12,17H,2,10,13H2,1H3,(H,19,20). The van der Waals surface area contributed by atoms with Crippen LogP contribution in [0.2, 0.25) is 0 Å². The number of carbonyl (C=O) groups is 1. The Labute approximate surface area is 136 Å². The van der Waals surface area contributed by atoms with Gasteiger partial charge in [-0.1, -0.05) is 49.4 Å². The molecule has 0 saturated heterocycles. The smallest absolute Gasteiger partial charge is 0.303 e. The third-order valence-electron chi connectivity index (χ3n) is 3.80. The Hall–Kier alpha value is -2.14. The van der Waals surface area contributed by atoms with Gasteiger partial charge < -0.3 is 5.11 Å². The lowest BCUT2D eigenvalue weighted by Crippen LogP contribution is -2.13. The Morgan fingerprint density at radius 3 is 2.17 bits per heavy atom. The van der Waals surface area contributed by atoms with Crippen LogP contribution in [0.25, 0.3) is 0 Å². The van der Waals surface area contributed by atoms with Crippen molar-refractivity contribution in [3.8, 4) is 0 Å². The molecule has 1 atom stereocenters. The molecule has 2 aromatic rings. The molecule has 0 bridgehead atoms. The fraction of sp³-hybridized carbons (Fsp3) is 0.278. The van der Waals surface area contributed by atoms with E-state index in [0.717, 1.165) is 11.1 Å². The van der Waals surface area contributed by atoms with E-state index in [1.165, 1.54) is 0 Å². The maximum absolute atomic E-state index is 12.8. The van der Waals surface area contributed by atoms with E-state index in [9.17, 15) is 13.2 Å². The van der Waals surface area contributed by atoms with Crippen LogP contribution < -0.4 is 0 Å². The number of carboxylic acid groups (broad SMARTS) is 1. The number of hydrogen-bond donors (Lipinski definition) is 1. The van der Waals surface area contributed by atoms with Crippen LogP contribution in [0.5, 0.6) is 0 Å². The van der Waals surface area contributed by atoms with Crippen LogP contribution in [0.3, 0.4) is 0 Å². The van der Waals surface area contributed by atoms with Crippen molar-refractivity contribution in [2.24, 2.45) is 0 Å². The summed E-state index contributed by atoms with van der Waals surface area (Å²) in [6.07, 6.45) is 0.988. The van der Waals surface area contributed by atoms with Gasteiger partial charge in [0.1, 0.15) is 0 Å². The summed E-state index contributed by atoms with van der Waals surface area (Å²) >= 11 is 0. The Balaban J connectivity index is 2.26. The Kier molecular flexibility index (Phi) is 5.55. The number of rotatable bonds is 7. The van der Waals surface area contributed by atoms with E-state index >= 15 is 0 Å². The lowest BCUT2D eigenvalue weighted by atomic mass is 10.0. The highest BCUT2D eigenvalue weighted by molar-refractivity contribution is 7.91. The molecule has 0 heterocycles. The van der Waals surface area contributed by atoms with Crippen LogP contribution in [-0.4, -0.2) is 19.5 Å². The number of hydrogen-bond acceptors (Lipinski definition) is 3. The minimum Gasteiger partial charge on any atom is -0.481 e. The summed E-state index contributed by atoms with van der Waals surface area (Å²) < 4.78 is 25.6. The normalized spacial score (nSPS) is 12.7. The maximum Gasteiger partial charge on any atom is 0.303 e. The molecule has 0 spiro atoms. The van der Waals surface area contributed by atoms with Crippen molar-refractivity contribution in [3.63, 3.8) is 0 Å². The number of benzene rings is 2. The second-order valence-electron chi connectivity index (χ2n) is 5.39. The molecule has 23 heavy (non-hydrogen) atoms. The molecule has 1 unspecified atom stereocenters. The first-order valence-electron chi connectivity index (χ1n) is 7.54. The van der Waals surface area contributed by atoms with E-state index in [1.807, 2.05) is 6.92 Å². The second kappa shape index (κ2) is 7.42. The first-order chi connectivity index (χ1) is 10.9. The van der Waals surface area contributed by atoms with Crippen molar-refractivity contribution in [1.82, 2.24) is 0 Å². The van der Waals surface area contributed by atoms with Crippen LogP contribution in [0.4, 0.5) is 0 Å². The molecule has 2 rings (SSSR count). The topological polar surface area (TPSA) is 71.4 Å². The molecular weight excluding hydrogens is 312 g/mol. The molecule has 0 saturated carbocycles. The molecule has 0 amide bonds. The summed E-state index contributed by atoms with van der Waals surface area (Å²) in [5.74, 6) is -0.841. The predicted molar refractivity (Wildman–Crippen MR) is 89.1 cm³/mol. The average Bonchev–Trinajstić information content (AvgIpc) is 2.55. The summed E-state index contributed by atoms with van der Waals surface area (Å²) in [6, 6.07) is 15.6. The van der Waals surface area contributed by atoms with E-state index < -0.39 is 21.1 Å². The molecule has 4 nitrogen and oxygen atoms in total. The SMILES string of the molecule is CCC(c1ccc(CCC(=O)O)cc1)S(=O)(=O)c1ccccc1. The van der Waals surface area contributed by atoms with Gasteiger partial charge in [-0.25, -0.2) is 8.42 Å². The molecule has 122 valence electrons. The van der Waals surface area contributed by atoms with Gasteiger partial charge in [-0.2, -0.15) is 0 Å². The molecule has 1 N–H and O–H groups in total. The van der Waals surface area contributed by atoms with E-state index in [4.69, 9.17) is 5.11 Å². The number of sulfone groups is 1. The molecule has 0 aliphatic rings. The second-order valence-corrected chi connectivity index (χ2v) is 7.52. The molecule has 0 fully saturated rings. The molecule has 2 aromatic carbocycles. The van der Waals surface area contributed by atoms with E-state index in [0.29, 0.717) is 17.7 Å². The molecule has 0 aromatic heterocycles. The monoisotopic (exact) mass is 332 g/mol. The van der Waals surface area contributed by atoms with Crippen LogP contribution in [0.1, 0.15) is 36.1 Å². The van der Waals surface area contributed by atoms with Gasteiger partial charge in [0.2, 0.25) is 0 Å². The zero-order chi connectivity index (χ0) is 16.9. The summed E-state index contributed by atoms with van der Waals surface area (Å²) in [5, 5.41) is 8.11. The zero-order valence-corrected chi connectivity index (χ0v) is 13.8. The quantitative estimate of drug-likeness (QED) is 0.840. The Morgan fingerprint density at radius 2 is 1.65 bits per heavy atom. The van der Waals surface area contributed by atoms with E-state index in [-0.39, 0.29) is 6.42 Å².